The van der Waals surface area contributed by atoms with Crippen LogP contribution in [0.5, 0.6) is 0 Å². The van der Waals surface area contributed by atoms with Crippen LogP contribution in [-0.4, -0.2) is 36.1 Å². The normalized spacial score (nSPS) is 11.5. The molecule has 47 heavy (non-hydrogen) atoms. The highest BCUT2D eigenvalue weighted by atomic mass is 32.2. The molecule has 0 saturated carbocycles. The number of aromatic nitrogens is 2. The number of rotatable bonds is 9. The van der Waals surface area contributed by atoms with Gasteiger partial charge < -0.3 is 10.6 Å². The van der Waals surface area contributed by atoms with Gasteiger partial charge >= 0.3 is 6.18 Å². The number of amides is 3. The fourth-order valence-corrected chi connectivity index (χ4v) is 6.22. The van der Waals surface area contributed by atoms with E-state index in [1.807, 2.05) is 0 Å². The molecule has 10 nitrogen and oxygen atoms in total. The minimum atomic E-state index is -4.50. The van der Waals surface area contributed by atoms with Gasteiger partial charge in [0.1, 0.15) is 11.4 Å². The van der Waals surface area contributed by atoms with Crippen molar-refractivity contribution in [3.8, 4) is 11.1 Å². The maximum Gasteiger partial charge on any atom is 0.416 e. The lowest BCUT2D eigenvalue weighted by atomic mass is 10.0. The van der Waals surface area contributed by atoms with Gasteiger partial charge in [-0.15, -0.1) is 11.3 Å². The molecule has 0 unspecified atom stereocenters. The number of carbonyl (C=O) groups excluding carboxylic acids is 3. The number of hydrogen-bond acceptors (Lipinski definition) is 8. The highest BCUT2D eigenvalue weighted by molar-refractivity contribution is 7.90. The minimum Gasteiger partial charge on any atom is -0.347 e. The van der Waals surface area contributed by atoms with Crippen LogP contribution in [0.1, 0.15) is 47.3 Å². The van der Waals surface area contributed by atoms with Gasteiger partial charge in [-0.1, -0.05) is 42.0 Å². The Kier molecular flexibility index (Phi) is 9.49. The lowest BCUT2D eigenvalue weighted by Gasteiger charge is -2.13. The standard InChI is InChI=1S/C32H24F3N5O5S2/c1-19-7-12-28(47(44,45)40-31(43)27-6-3-13-46-27)24(14-19)21-8-10-26(36-17-21)30(42)39-23-9-11-25(37-18-23)29(41)38-16-20-4-2-5-22(15-20)32(33,34)35/h2-15,17-18H,16H2,1H3,(H,38,41)(H,39,42)(H,40,43). The molecule has 2 aromatic carbocycles. The summed E-state index contributed by atoms with van der Waals surface area (Å²) in [6, 6.07) is 18.0. The van der Waals surface area contributed by atoms with E-state index >= 15 is 0 Å². The van der Waals surface area contributed by atoms with Crippen LogP contribution in [0.4, 0.5) is 18.9 Å². The summed E-state index contributed by atoms with van der Waals surface area (Å²) in [5.41, 5.74) is 1.08. The van der Waals surface area contributed by atoms with E-state index in [0.717, 1.165) is 29.0 Å². The van der Waals surface area contributed by atoms with Crippen molar-refractivity contribution in [2.45, 2.75) is 24.5 Å². The van der Waals surface area contributed by atoms with E-state index < -0.39 is 39.5 Å². The molecule has 3 amide bonds. The number of pyridine rings is 2. The van der Waals surface area contributed by atoms with Gasteiger partial charge in [0.2, 0.25) is 0 Å². The van der Waals surface area contributed by atoms with Crippen LogP contribution in [0.25, 0.3) is 11.1 Å². The number of nitrogens with zero attached hydrogens (tertiary/aromatic N) is 2. The Labute approximate surface area is 270 Å². The number of benzene rings is 2. The van der Waals surface area contributed by atoms with Crippen molar-refractivity contribution in [2.24, 2.45) is 0 Å². The first-order valence-corrected chi connectivity index (χ1v) is 16.1. The fourth-order valence-electron chi connectivity index (χ4n) is 4.35. The monoisotopic (exact) mass is 679 g/mol. The van der Waals surface area contributed by atoms with Gasteiger partial charge in [0.05, 0.1) is 27.2 Å². The second-order valence-electron chi connectivity index (χ2n) is 10.1. The van der Waals surface area contributed by atoms with E-state index in [-0.39, 0.29) is 44.5 Å². The maximum absolute atomic E-state index is 13.2. The molecular formula is C32H24F3N5O5S2. The molecule has 3 heterocycles. The largest absolute Gasteiger partial charge is 0.416 e. The third kappa shape index (κ3) is 8.06. The fraction of sp³-hybridized carbons (Fsp3) is 0.0938. The van der Waals surface area contributed by atoms with Crippen molar-refractivity contribution in [3.63, 3.8) is 0 Å². The van der Waals surface area contributed by atoms with E-state index in [2.05, 4.69) is 25.3 Å². The molecule has 240 valence electrons. The zero-order chi connectivity index (χ0) is 33.8. The summed E-state index contributed by atoms with van der Waals surface area (Å²) >= 11 is 1.10. The van der Waals surface area contributed by atoms with Crippen LogP contribution in [0.15, 0.2) is 102 Å². The highest BCUT2D eigenvalue weighted by Gasteiger charge is 2.30. The molecule has 0 atom stereocenters. The molecule has 0 fully saturated rings. The summed E-state index contributed by atoms with van der Waals surface area (Å²) in [7, 11) is -4.26. The van der Waals surface area contributed by atoms with E-state index in [0.29, 0.717) is 5.56 Å². The van der Waals surface area contributed by atoms with Gasteiger partial charge in [0, 0.05) is 23.9 Å². The number of hydrogen-bond donors (Lipinski definition) is 3. The number of aryl methyl sites for hydroxylation is 1. The Morgan fingerprint density at radius 3 is 2.23 bits per heavy atom. The summed E-state index contributed by atoms with van der Waals surface area (Å²) in [6.45, 7) is 1.63. The number of anilines is 1. The zero-order valence-corrected chi connectivity index (χ0v) is 26.0. The number of carbonyl (C=O) groups is 3. The van der Waals surface area contributed by atoms with Gasteiger partial charge in [0.25, 0.3) is 27.7 Å². The average Bonchev–Trinajstić information content (AvgIpc) is 3.59. The van der Waals surface area contributed by atoms with Gasteiger partial charge in [0.15, 0.2) is 0 Å². The maximum atomic E-state index is 13.2. The van der Waals surface area contributed by atoms with Crippen molar-refractivity contribution < 1.29 is 36.0 Å². The van der Waals surface area contributed by atoms with Crippen LogP contribution in [0.2, 0.25) is 0 Å². The van der Waals surface area contributed by atoms with Crippen LogP contribution in [0.3, 0.4) is 0 Å². The molecule has 15 heteroatoms. The van der Waals surface area contributed by atoms with Crippen LogP contribution in [-0.2, 0) is 22.7 Å². The van der Waals surface area contributed by atoms with Crippen LogP contribution in [0, 0.1) is 6.92 Å². The number of sulfonamides is 1. The Hall–Kier alpha value is -5.41. The Morgan fingerprint density at radius 1 is 0.830 bits per heavy atom. The molecule has 0 aliphatic rings. The van der Waals surface area contributed by atoms with Crippen LogP contribution < -0.4 is 15.4 Å². The van der Waals surface area contributed by atoms with E-state index in [9.17, 15) is 36.0 Å². The van der Waals surface area contributed by atoms with E-state index in [1.165, 1.54) is 60.9 Å². The van der Waals surface area contributed by atoms with E-state index in [1.54, 1.807) is 30.5 Å². The lowest BCUT2D eigenvalue weighted by molar-refractivity contribution is -0.137. The minimum absolute atomic E-state index is 0.000264. The van der Waals surface area contributed by atoms with Crippen molar-refractivity contribution >= 4 is 44.8 Å². The molecule has 0 saturated heterocycles. The number of thiophene rings is 1. The molecule has 0 aliphatic heterocycles. The molecule has 0 radical (unpaired) electrons. The summed E-state index contributed by atoms with van der Waals surface area (Å²) in [4.78, 5) is 46.1. The van der Waals surface area contributed by atoms with Crippen molar-refractivity contribution in [1.82, 2.24) is 20.0 Å². The average molecular weight is 680 g/mol. The van der Waals surface area contributed by atoms with Gasteiger partial charge in [-0.05, 0) is 60.3 Å². The molecule has 5 aromatic rings. The molecular weight excluding hydrogens is 656 g/mol. The predicted molar refractivity (Wildman–Crippen MR) is 168 cm³/mol. The van der Waals surface area contributed by atoms with Gasteiger partial charge in [-0.2, -0.15) is 13.2 Å². The van der Waals surface area contributed by atoms with E-state index in [4.69, 9.17) is 0 Å². The lowest BCUT2D eigenvalue weighted by Crippen LogP contribution is -2.30. The molecule has 3 aromatic heterocycles. The number of nitrogens with one attached hydrogen (secondary N) is 3. The summed E-state index contributed by atoms with van der Waals surface area (Å²) in [6.07, 6.45) is -1.93. The van der Waals surface area contributed by atoms with Crippen molar-refractivity contribution in [2.75, 3.05) is 5.32 Å². The second kappa shape index (κ2) is 13.5. The van der Waals surface area contributed by atoms with Crippen LogP contribution >= 0.6 is 11.3 Å². The van der Waals surface area contributed by atoms with Crippen molar-refractivity contribution in [1.29, 1.82) is 0 Å². The summed E-state index contributed by atoms with van der Waals surface area (Å²) in [5.74, 6) is -1.99. The first-order chi connectivity index (χ1) is 22.3. The Bertz CT molecular complexity index is 2050. The zero-order valence-electron chi connectivity index (χ0n) is 24.3. The number of halogens is 3. The SMILES string of the molecule is Cc1ccc(S(=O)(=O)NC(=O)c2cccs2)c(-c2ccc(C(=O)Nc3ccc(C(=O)NCc4cccc(C(F)(F)F)c4)nc3)nc2)c1. The first-order valence-electron chi connectivity index (χ1n) is 13.7. The molecule has 0 aliphatic carbocycles. The molecule has 0 bridgehead atoms. The smallest absolute Gasteiger partial charge is 0.347 e. The van der Waals surface area contributed by atoms with Gasteiger partial charge in [-0.25, -0.2) is 18.1 Å². The quantitative estimate of drug-likeness (QED) is 0.178. The second-order valence-corrected chi connectivity index (χ2v) is 12.7. The summed E-state index contributed by atoms with van der Waals surface area (Å²) < 4.78 is 67.2. The molecule has 0 spiro atoms. The molecule has 3 N–H and O–H groups in total. The highest BCUT2D eigenvalue weighted by Crippen LogP contribution is 2.30. The predicted octanol–water partition coefficient (Wildman–Crippen LogP) is 5.83. The Balaban J connectivity index is 1.23. The Morgan fingerprint density at radius 2 is 1.57 bits per heavy atom. The van der Waals surface area contributed by atoms with Crippen molar-refractivity contribution in [3.05, 3.63) is 130 Å². The third-order valence-corrected chi connectivity index (χ3v) is 8.92. The first kappa shape index (κ1) is 33.0. The topological polar surface area (TPSA) is 147 Å². The summed E-state index contributed by atoms with van der Waals surface area (Å²) in [5, 5.41) is 6.76. The van der Waals surface area contributed by atoms with Gasteiger partial charge in [-0.3, -0.25) is 19.4 Å². The molecule has 5 rings (SSSR count). The third-order valence-electron chi connectivity index (χ3n) is 6.67. The number of alkyl halides is 3.